The third-order valence-electron chi connectivity index (χ3n) is 1.29. The molecule has 1 aliphatic rings. The zero-order valence-electron chi connectivity index (χ0n) is 4.86. The summed E-state index contributed by atoms with van der Waals surface area (Å²) in [7, 11) is 0. The van der Waals surface area contributed by atoms with E-state index >= 15 is 0 Å². The van der Waals surface area contributed by atoms with Crippen LogP contribution in [0.5, 0.6) is 0 Å². The lowest BCUT2D eigenvalue weighted by molar-refractivity contribution is -0.122. The molecule has 44 valence electrons. The summed E-state index contributed by atoms with van der Waals surface area (Å²) in [6.45, 7) is 3.81. The smallest absolute Gasteiger partial charge is 0.178 e. The number of carbonyl (C=O) groups is 1. The molecule has 0 aromatic rings. The minimum Gasteiger partial charge on any atom is -0.293 e. The number of ketones is 1. The lowest BCUT2D eigenvalue weighted by atomic mass is 9.79. The summed E-state index contributed by atoms with van der Waals surface area (Å²) in [5, 5.41) is 0. The Bertz CT molecular complexity index is 167. The van der Waals surface area contributed by atoms with Gasteiger partial charge in [0.15, 0.2) is 5.78 Å². The van der Waals surface area contributed by atoms with E-state index < -0.39 is 0 Å². The molecule has 0 saturated heterocycles. The Hall–Kier alpha value is -0.110. The van der Waals surface area contributed by atoms with E-state index in [1.165, 1.54) is 0 Å². The Morgan fingerprint density at radius 1 is 1.62 bits per heavy atom. The fraction of sp³-hybridized carbons (Fsp3) is 0.500. The maximum absolute atomic E-state index is 10.8. The molecule has 0 fully saturated rings. The van der Waals surface area contributed by atoms with Crippen LogP contribution in [-0.2, 0) is 4.79 Å². The molecule has 1 nitrogen and oxygen atoms in total. The van der Waals surface area contributed by atoms with Gasteiger partial charge in [-0.1, -0.05) is 6.08 Å². The van der Waals surface area contributed by atoms with Crippen LogP contribution < -0.4 is 0 Å². The highest BCUT2D eigenvalue weighted by molar-refractivity contribution is 9.12. The molecule has 0 aromatic carbocycles. The molecule has 0 heterocycles. The molecule has 0 spiro atoms. The van der Waals surface area contributed by atoms with E-state index in [0.29, 0.717) is 0 Å². The number of hydrogen-bond donors (Lipinski definition) is 0. The molecule has 0 atom stereocenters. The first-order chi connectivity index (χ1) is 3.54. The van der Waals surface area contributed by atoms with Gasteiger partial charge in [0.2, 0.25) is 0 Å². The molecule has 1 aliphatic carbocycles. The van der Waals surface area contributed by atoms with Crippen LogP contribution in [0, 0.1) is 5.41 Å². The highest BCUT2D eigenvalue weighted by Crippen LogP contribution is 2.36. The fourth-order valence-corrected chi connectivity index (χ4v) is 1.76. The first-order valence-corrected chi connectivity index (χ1v) is 3.26. The van der Waals surface area contributed by atoms with Crippen molar-refractivity contribution < 1.29 is 4.79 Å². The van der Waals surface area contributed by atoms with Crippen LogP contribution in [-0.4, -0.2) is 5.78 Å². The monoisotopic (exact) mass is 174 g/mol. The van der Waals surface area contributed by atoms with Crippen molar-refractivity contribution in [2.24, 2.45) is 5.41 Å². The summed E-state index contributed by atoms with van der Waals surface area (Å²) in [5.74, 6) is 0.206. The van der Waals surface area contributed by atoms with E-state index in [4.69, 9.17) is 0 Å². The number of halogens is 1. The van der Waals surface area contributed by atoms with Crippen LogP contribution >= 0.6 is 15.9 Å². The molecule has 0 unspecified atom stereocenters. The predicted octanol–water partition coefficient (Wildman–Crippen LogP) is 1.87. The van der Waals surface area contributed by atoms with Crippen molar-refractivity contribution in [1.82, 2.24) is 0 Å². The number of hydrogen-bond acceptors (Lipinski definition) is 1. The topological polar surface area (TPSA) is 17.1 Å². The quantitative estimate of drug-likeness (QED) is 0.549. The van der Waals surface area contributed by atoms with Crippen LogP contribution in [0.25, 0.3) is 0 Å². The van der Waals surface area contributed by atoms with E-state index in [1.54, 1.807) is 0 Å². The zero-order chi connectivity index (χ0) is 6.36. The molecular formula is C6H7BrO. The van der Waals surface area contributed by atoms with Crippen molar-refractivity contribution in [3.63, 3.8) is 0 Å². The van der Waals surface area contributed by atoms with E-state index in [2.05, 4.69) is 15.9 Å². The molecule has 0 aromatic heterocycles. The second kappa shape index (κ2) is 1.44. The van der Waals surface area contributed by atoms with Crippen molar-refractivity contribution >= 4 is 21.7 Å². The van der Waals surface area contributed by atoms with Crippen molar-refractivity contribution in [3.05, 3.63) is 10.6 Å². The maximum Gasteiger partial charge on any atom is 0.178 e. The number of Topliss-reactive ketones (excluding diaryl/α,β-unsaturated/α-hetero) is 1. The first kappa shape index (κ1) is 6.02. The second-order valence-corrected chi connectivity index (χ2v) is 3.40. The van der Waals surface area contributed by atoms with Gasteiger partial charge in [-0.3, -0.25) is 4.79 Å². The summed E-state index contributed by atoms with van der Waals surface area (Å²) >= 11 is 3.11. The van der Waals surface area contributed by atoms with Gasteiger partial charge in [-0.05, 0) is 29.8 Å². The van der Waals surface area contributed by atoms with E-state index in [0.717, 1.165) is 4.48 Å². The van der Waals surface area contributed by atoms with Crippen molar-refractivity contribution in [2.75, 3.05) is 0 Å². The Morgan fingerprint density at radius 2 is 2.12 bits per heavy atom. The summed E-state index contributed by atoms with van der Waals surface area (Å²) in [5.41, 5.74) is -0.196. The van der Waals surface area contributed by atoms with E-state index in [9.17, 15) is 4.79 Å². The van der Waals surface area contributed by atoms with E-state index in [-0.39, 0.29) is 11.2 Å². The highest BCUT2D eigenvalue weighted by Gasteiger charge is 2.35. The number of rotatable bonds is 0. The Morgan fingerprint density at radius 3 is 2.12 bits per heavy atom. The molecular weight excluding hydrogens is 168 g/mol. The molecule has 8 heavy (non-hydrogen) atoms. The van der Waals surface area contributed by atoms with E-state index in [1.807, 2.05) is 19.9 Å². The van der Waals surface area contributed by atoms with Crippen LogP contribution in [0.3, 0.4) is 0 Å². The summed E-state index contributed by atoms with van der Waals surface area (Å²) in [4.78, 5) is 10.8. The first-order valence-electron chi connectivity index (χ1n) is 2.47. The van der Waals surface area contributed by atoms with Crippen LogP contribution in [0.1, 0.15) is 13.8 Å². The standard InChI is InChI=1S/C6H7BrO/c1-6(2)3-4(7)5(6)8/h3H,1-2H3. The van der Waals surface area contributed by atoms with Crippen molar-refractivity contribution in [3.8, 4) is 0 Å². The molecule has 2 heteroatoms. The van der Waals surface area contributed by atoms with Gasteiger partial charge in [-0.15, -0.1) is 0 Å². The summed E-state index contributed by atoms with van der Waals surface area (Å²) < 4.78 is 0.725. The normalized spacial score (nSPS) is 24.4. The average Bonchev–Trinajstić information content (AvgIpc) is 1.65. The Kier molecular flexibility index (Phi) is 1.08. The van der Waals surface area contributed by atoms with Crippen molar-refractivity contribution in [2.45, 2.75) is 13.8 Å². The van der Waals surface area contributed by atoms with Gasteiger partial charge in [0, 0.05) is 5.41 Å². The van der Waals surface area contributed by atoms with Crippen LogP contribution in [0.4, 0.5) is 0 Å². The minimum absolute atomic E-state index is 0.196. The van der Waals surface area contributed by atoms with Gasteiger partial charge in [-0.25, -0.2) is 0 Å². The van der Waals surface area contributed by atoms with Gasteiger partial charge in [0.05, 0.1) is 4.48 Å². The minimum atomic E-state index is -0.196. The fourth-order valence-electron chi connectivity index (χ4n) is 0.678. The highest BCUT2D eigenvalue weighted by atomic mass is 79.9. The lowest BCUT2D eigenvalue weighted by Gasteiger charge is -2.27. The predicted molar refractivity (Wildman–Crippen MR) is 35.8 cm³/mol. The Balaban J connectivity index is 2.90. The Labute approximate surface area is 56.9 Å². The second-order valence-electron chi connectivity index (χ2n) is 2.54. The third kappa shape index (κ3) is 0.635. The van der Waals surface area contributed by atoms with Crippen molar-refractivity contribution in [1.29, 1.82) is 0 Å². The van der Waals surface area contributed by atoms with Gasteiger partial charge in [0.25, 0.3) is 0 Å². The summed E-state index contributed by atoms with van der Waals surface area (Å²) in [6.07, 6.45) is 1.91. The van der Waals surface area contributed by atoms with Crippen LogP contribution in [0.15, 0.2) is 10.6 Å². The molecule has 0 saturated carbocycles. The SMILES string of the molecule is CC1(C)C=C(Br)C1=O. The van der Waals surface area contributed by atoms with Gasteiger partial charge in [0.1, 0.15) is 0 Å². The third-order valence-corrected chi connectivity index (χ3v) is 1.88. The van der Waals surface area contributed by atoms with Gasteiger partial charge >= 0.3 is 0 Å². The molecule has 0 bridgehead atoms. The number of carbonyl (C=O) groups excluding carboxylic acids is 1. The van der Waals surface area contributed by atoms with Crippen LogP contribution in [0.2, 0.25) is 0 Å². The number of allylic oxidation sites excluding steroid dienone is 2. The molecule has 0 amide bonds. The summed E-state index contributed by atoms with van der Waals surface area (Å²) in [6, 6.07) is 0. The molecule has 0 N–H and O–H groups in total. The van der Waals surface area contributed by atoms with Gasteiger partial charge < -0.3 is 0 Å². The molecule has 0 aliphatic heterocycles. The lowest BCUT2D eigenvalue weighted by Crippen LogP contribution is -2.30. The average molecular weight is 175 g/mol. The zero-order valence-corrected chi connectivity index (χ0v) is 6.45. The maximum atomic E-state index is 10.8. The largest absolute Gasteiger partial charge is 0.293 e. The molecule has 1 rings (SSSR count). The molecule has 0 radical (unpaired) electrons. The van der Waals surface area contributed by atoms with Gasteiger partial charge in [-0.2, -0.15) is 0 Å².